The predicted molar refractivity (Wildman–Crippen MR) is 104 cm³/mol. The molecule has 5 nitrogen and oxygen atoms in total. The van der Waals surface area contributed by atoms with E-state index in [1.165, 1.54) is 6.07 Å². The molecule has 1 heterocycles. The highest BCUT2D eigenvalue weighted by Gasteiger charge is 2.37. The molecular weight excluding hydrogens is 376 g/mol. The van der Waals surface area contributed by atoms with Gasteiger partial charge in [0.05, 0.1) is 9.79 Å². The van der Waals surface area contributed by atoms with E-state index in [-0.39, 0.29) is 21.3 Å². The van der Waals surface area contributed by atoms with E-state index < -0.39 is 15.8 Å². The molecule has 6 heteroatoms. The maximum Gasteiger partial charge on any atom is 0.375 e. The number of aliphatic carboxylic acids is 1. The van der Waals surface area contributed by atoms with Crippen molar-refractivity contribution in [3.63, 3.8) is 0 Å². The van der Waals surface area contributed by atoms with Crippen molar-refractivity contribution in [1.82, 2.24) is 0 Å². The van der Waals surface area contributed by atoms with Crippen LogP contribution < -0.4 is 0 Å². The Bertz CT molecular complexity index is 1210. The summed E-state index contributed by atoms with van der Waals surface area (Å²) >= 11 is 0. The number of benzene rings is 3. The summed E-state index contributed by atoms with van der Waals surface area (Å²) in [5.74, 6) is -1.16. The van der Waals surface area contributed by atoms with Gasteiger partial charge in [0.1, 0.15) is 0 Å². The Morgan fingerprint density at radius 1 is 0.893 bits per heavy atom. The standard InChI is InChI=1S/C22H16O5S/c1-14-10-12-16(13-11-14)28(25,26)18-9-5-8-17(20-21(27-20)22(23)24)19(18)15-6-3-2-4-7-15/h2-13H,1H3,(H,23,24). The first-order valence-electron chi connectivity index (χ1n) is 8.55. The zero-order chi connectivity index (χ0) is 19.9. The maximum absolute atomic E-state index is 13.4. The monoisotopic (exact) mass is 392 g/mol. The molecule has 0 fully saturated rings. The minimum absolute atomic E-state index is 0.104. The summed E-state index contributed by atoms with van der Waals surface area (Å²) in [6, 6.07) is 20.4. The van der Waals surface area contributed by atoms with Crippen molar-refractivity contribution in [2.75, 3.05) is 0 Å². The molecule has 0 unspecified atom stereocenters. The van der Waals surface area contributed by atoms with Gasteiger partial charge in [-0.25, -0.2) is 13.2 Å². The number of hydrogen-bond donors (Lipinski definition) is 1. The zero-order valence-corrected chi connectivity index (χ0v) is 15.7. The van der Waals surface area contributed by atoms with E-state index >= 15 is 0 Å². The fourth-order valence-electron chi connectivity index (χ4n) is 3.09. The van der Waals surface area contributed by atoms with Gasteiger partial charge in [-0.2, -0.15) is 0 Å². The van der Waals surface area contributed by atoms with Crippen LogP contribution in [-0.2, 0) is 19.4 Å². The van der Waals surface area contributed by atoms with E-state index in [0.29, 0.717) is 16.7 Å². The summed E-state index contributed by atoms with van der Waals surface area (Å²) in [6.45, 7) is 1.89. The molecule has 1 N–H and O–H groups in total. The van der Waals surface area contributed by atoms with Gasteiger partial charge < -0.3 is 9.84 Å². The van der Waals surface area contributed by atoms with E-state index in [1.807, 2.05) is 13.0 Å². The highest BCUT2D eigenvalue weighted by molar-refractivity contribution is 7.91. The van der Waals surface area contributed by atoms with Crippen molar-refractivity contribution in [3.8, 4) is 11.1 Å². The van der Waals surface area contributed by atoms with Gasteiger partial charge in [-0.3, -0.25) is 0 Å². The molecule has 4 rings (SSSR count). The van der Waals surface area contributed by atoms with Crippen LogP contribution in [0.15, 0.2) is 88.3 Å². The van der Waals surface area contributed by atoms with E-state index in [4.69, 9.17) is 4.74 Å². The lowest BCUT2D eigenvalue weighted by Crippen LogP contribution is -2.05. The molecule has 0 spiro atoms. The van der Waals surface area contributed by atoms with Crippen molar-refractivity contribution in [1.29, 1.82) is 0 Å². The second-order valence-corrected chi connectivity index (χ2v) is 8.34. The van der Waals surface area contributed by atoms with Crippen LogP contribution in [0.4, 0.5) is 0 Å². The molecule has 1 aliphatic rings. The second-order valence-electron chi connectivity index (χ2n) is 6.43. The topological polar surface area (TPSA) is 84.0 Å². The molecule has 0 aliphatic carbocycles. The third-order valence-corrected chi connectivity index (χ3v) is 6.33. The SMILES string of the molecule is Cc1ccc(S(=O)(=O)c2cccc(C3=C(C(=O)O)O3)c2-c2ccccc2)cc1. The first kappa shape index (κ1) is 18.0. The van der Waals surface area contributed by atoms with Gasteiger partial charge in [0.25, 0.3) is 5.76 Å². The molecular formula is C22H16O5S. The maximum atomic E-state index is 13.4. The van der Waals surface area contributed by atoms with E-state index in [9.17, 15) is 18.3 Å². The third kappa shape index (κ3) is 3.08. The molecule has 1 aliphatic heterocycles. The van der Waals surface area contributed by atoms with Crippen LogP contribution in [0.3, 0.4) is 0 Å². The number of carboxylic acids is 1. The fraction of sp³-hybridized carbons (Fsp3) is 0.0455. The van der Waals surface area contributed by atoms with Crippen LogP contribution in [-0.4, -0.2) is 19.5 Å². The molecule has 0 aromatic heterocycles. The van der Waals surface area contributed by atoms with E-state index in [1.54, 1.807) is 60.7 Å². The Hall–Kier alpha value is -3.38. The minimum Gasteiger partial charge on any atom is -0.475 e. The molecule has 0 saturated heterocycles. The average Bonchev–Trinajstić information content (AvgIpc) is 3.49. The van der Waals surface area contributed by atoms with Crippen molar-refractivity contribution in [2.24, 2.45) is 0 Å². The number of carbonyl (C=O) groups is 1. The minimum atomic E-state index is -3.83. The zero-order valence-electron chi connectivity index (χ0n) is 14.9. The van der Waals surface area contributed by atoms with Crippen LogP contribution in [0.5, 0.6) is 0 Å². The highest BCUT2D eigenvalue weighted by atomic mass is 32.2. The number of carboxylic acid groups (broad SMARTS) is 1. The molecule has 3 aromatic rings. The third-order valence-electron chi connectivity index (χ3n) is 4.52. The molecule has 28 heavy (non-hydrogen) atoms. The Kier molecular flexibility index (Phi) is 4.28. The Morgan fingerprint density at radius 3 is 2.18 bits per heavy atom. The van der Waals surface area contributed by atoms with Crippen LogP contribution in [0.1, 0.15) is 11.1 Å². The first-order chi connectivity index (χ1) is 13.4. The number of aryl methyl sites for hydroxylation is 1. The van der Waals surface area contributed by atoms with E-state index in [0.717, 1.165) is 5.56 Å². The molecule has 0 atom stereocenters. The van der Waals surface area contributed by atoms with Gasteiger partial charge in [-0.15, -0.1) is 0 Å². The van der Waals surface area contributed by atoms with Gasteiger partial charge in [0, 0.05) is 11.1 Å². The number of sulfone groups is 1. The molecule has 3 aromatic carbocycles. The van der Waals surface area contributed by atoms with Crippen LogP contribution >= 0.6 is 0 Å². The number of ether oxygens (including phenoxy) is 1. The molecule has 0 saturated carbocycles. The summed E-state index contributed by atoms with van der Waals surface area (Å²) in [5, 5.41) is 9.18. The van der Waals surface area contributed by atoms with Gasteiger partial charge in [0.2, 0.25) is 9.84 Å². The summed E-state index contributed by atoms with van der Waals surface area (Å²) in [6.07, 6.45) is 0. The summed E-state index contributed by atoms with van der Waals surface area (Å²) in [4.78, 5) is 11.5. The molecule has 140 valence electrons. The quantitative estimate of drug-likeness (QED) is 0.701. The Morgan fingerprint density at radius 2 is 1.57 bits per heavy atom. The predicted octanol–water partition coefficient (Wildman–Crippen LogP) is 4.28. The lowest BCUT2D eigenvalue weighted by atomic mass is 9.99. The normalized spacial score (nSPS) is 13.2. The van der Waals surface area contributed by atoms with Crippen molar-refractivity contribution in [3.05, 3.63) is 89.7 Å². The van der Waals surface area contributed by atoms with Crippen molar-refractivity contribution in [2.45, 2.75) is 16.7 Å². The molecule has 0 radical (unpaired) electrons. The molecule has 0 bridgehead atoms. The largest absolute Gasteiger partial charge is 0.475 e. The van der Waals surface area contributed by atoms with Gasteiger partial charge in [-0.05, 0) is 30.7 Å². The van der Waals surface area contributed by atoms with Crippen LogP contribution in [0.25, 0.3) is 16.9 Å². The molecule has 0 amide bonds. The lowest BCUT2D eigenvalue weighted by molar-refractivity contribution is -0.133. The lowest BCUT2D eigenvalue weighted by Gasteiger charge is -2.14. The fourth-order valence-corrected chi connectivity index (χ4v) is 4.59. The first-order valence-corrected chi connectivity index (χ1v) is 10.0. The van der Waals surface area contributed by atoms with Gasteiger partial charge >= 0.3 is 5.97 Å². The Labute approximate surface area is 162 Å². The van der Waals surface area contributed by atoms with Gasteiger partial charge in [0.15, 0.2) is 5.76 Å². The summed E-state index contributed by atoms with van der Waals surface area (Å²) < 4.78 is 31.9. The summed E-state index contributed by atoms with van der Waals surface area (Å²) in [5.41, 5.74) is 2.49. The summed E-state index contributed by atoms with van der Waals surface area (Å²) in [7, 11) is -3.83. The van der Waals surface area contributed by atoms with Gasteiger partial charge in [-0.1, -0.05) is 60.2 Å². The Balaban J connectivity index is 1.99. The van der Waals surface area contributed by atoms with Crippen molar-refractivity contribution < 1.29 is 23.1 Å². The van der Waals surface area contributed by atoms with Crippen LogP contribution in [0.2, 0.25) is 0 Å². The average molecular weight is 392 g/mol. The second kappa shape index (κ2) is 6.65. The smallest absolute Gasteiger partial charge is 0.375 e. The number of hydrogen-bond acceptors (Lipinski definition) is 4. The number of rotatable bonds is 5. The van der Waals surface area contributed by atoms with Crippen LogP contribution in [0, 0.1) is 6.92 Å². The highest BCUT2D eigenvalue weighted by Crippen LogP contribution is 2.44. The van der Waals surface area contributed by atoms with E-state index in [2.05, 4.69) is 0 Å². The van der Waals surface area contributed by atoms with Crippen molar-refractivity contribution >= 4 is 21.6 Å².